The SMILES string of the molecule is Cc1ccc2c(c1)N(O)C(C)N2CCN1CCOCC1. The highest BCUT2D eigenvalue weighted by atomic mass is 16.5. The van der Waals surface area contributed by atoms with Gasteiger partial charge >= 0.3 is 0 Å². The van der Waals surface area contributed by atoms with E-state index in [-0.39, 0.29) is 6.17 Å². The summed E-state index contributed by atoms with van der Waals surface area (Å²) in [7, 11) is 0. The Bertz CT molecular complexity index is 474. The molecule has 110 valence electrons. The first kappa shape index (κ1) is 13.7. The summed E-state index contributed by atoms with van der Waals surface area (Å²) in [4.78, 5) is 4.69. The van der Waals surface area contributed by atoms with Crippen LogP contribution in [0.1, 0.15) is 12.5 Å². The summed E-state index contributed by atoms with van der Waals surface area (Å²) in [6, 6.07) is 6.25. The lowest BCUT2D eigenvalue weighted by atomic mass is 10.2. The molecular formula is C15H23N3O2. The lowest BCUT2D eigenvalue weighted by Gasteiger charge is -2.31. The number of anilines is 2. The molecule has 1 N–H and O–H groups in total. The summed E-state index contributed by atoms with van der Waals surface area (Å²) in [6.07, 6.45) is -0.00663. The molecule has 0 spiro atoms. The van der Waals surface area contributed by atoms with Gasteiger partial charge in [0.2, 0.25) is 0 Å². The number of nitrogens with zero attached hydrogens (tertiary/aromatic N) is 3. The molecular weight excluding hydrogens is 254 g/mol. The standard InChI is InChI=1S/C15H23N3O2/c1-12-3-4-14-15(11-12)18(19)13(2)17(14)6-5-16-7-9-20-10-8-16/h3-4,11,13,19H,5-10H2,1-2H3. The molecule has 1 aromatic carbocycles. The minimum Gasteiger partial charge on any atom is -0.379 e. The Labute approximate surface area is 120 Å². The van der Waals surface area contributed by atoms with E-state index in [9.17, 15) is 5.21 Å². The molecule has 2 aliphatic rings. The molecule has 0 radical (unpaired) electrons. The summed E-state index contributed by atoms with van der Waals surface area (Å²) < 4.78 is 5.38. The predicted molar refractivity (Wildman–Crippen MR) is 79.5 cm³/mol. The highest BCUT2D eigenvalue weighted by Crippen LogP contribution is 2.38. The van der Waals surface area contributed by atoms with E-state index < -0.39 is 0 Å². The smallest absolute Gasteiger partial charge is 0.124 e. The number of fused-ring (bicyclic) bond motifs is 1. The first-order valence-corrected chi connectivity index (χ1v) is 7.32. The second-order valence-electron chi connectivity index (χ2n) is 5.62. The zero-order valence-electron chi connectivity index (χ0n) is 12.2. The van der Waals surface area contributed by atoms with Gasteiger partial charge in [-0.2, -0.15) is 0 Å². The third-order valence-corrected chi connectivity index (χ3v) is 4.25. The molecule has 1 unspecified atom stereocenters. The van der Waals surface area contributed by atoms with E-state index in [0.29, 0.717) is 0 Å². The molecule has 2 heterocycles. The predicted octanol–water partition coefficient (Wildman–Crippen LogP) is 1.69. The fraction of sp³-hybridized carbons (Fsp3) is 0.600. The van der Waals surface area contributed by atoms with Crippen LogP contribution in [0.2, 0.25) is 0 Å². The minimum atomic E-state index is -0.00663. The van der Waals surface area contributed by atoms with Gasteiger partial charge in [-0.1, -0.05) is 6.07 Å². The van der Waals surface area contributed by atoms with Crippen LogP contribution >= 0.6 is 0 Å². The van der Waals surface area contributed by atoms with Gasteiger partial charge in [-0.05, 0) is 31.5 Å². The fourth-order valence-corrected chi connectivity index (χ4v) is 2.98. The van der Waals surface area contributed by atoms with Crippen molar-refractivity contribution in [1.29, 1.82) is 0 Å². The first-order valence-electron chi connectivity index (χ1n) is 7.32. The molecule has 1 fully saturated rings. The van der Waals surface area contributed by atoms with Crippen LogP contribution < -0.4 is 9.96 Å². The summed E-state index contributed by atoms with van der Waals surface area (Å²) in [5.74, 6) is 0. The first-order chi connectivity index (χ1) is 9.66. The topological polar surface area (TPSA) is 39.2 Å². The van der Waals surface area contributed by atoms with E-state index in [2.05, 4.69) is 28.9 Å². The number of morpholine rings is 1. The van der Waals surface area contributed by atoms with Crippen LogP contribution in [-0.4, -0.2) is 55.7 Å². The number of ether oxygens (including phenoxy) is 1. The van der Waals surface area contributed by atoms with Crippen molar-refractivity contribution in [3.8, 4) is 0 Å². The molecule has 0 aromatic heterocycles. The summed E-state index contributed by atoms with van der Waals surface area (Å²) in [6.45, 7) is 9.69. The highest BCUT2D eigenvalue weighted by Gasteiger charge is 2.32. The maximum absolute atomic E-state index is 10.2. The van der Waals surface area contributed by atoms with Crippen LogP contribution in [0, 0.1) is 6.92 Å². The summed E-state index contributed by atoms with van der Waals surface area (Å²) in [5, 5.41) is 11.6. The van der Waals surface area contributed by atoms with Crippen LogP contribution in [-0.2, 0) is 4.74 Å². The van der Waals surface area contributed by atoms with Gasteiger partial charge < -0.3 is 9.64 Å². The third-order valence-electron chi connectivity index (χ3n) is 4.25. The lowest BCUT2D eigenvalue weighted by molar-refractivity contribution is 0.0389. The molecule has 0 saturated carbocycles. The zero-order chi connectivity index (χ0) is 14.1. The van der Waals surface area contributed by atoms with Gasteiger partial charge in [0.15, 0.2) is 0 Å². The van der Waals surface area contributed by atoms with Crippen molar-refractivity contribution >= 4 is 11.4 Å². The molecule has 5 nitrogen and oxygen atoms in total. The van der Waals surface area contributed by atoms with Gasteiger partial charge in [0, 0.05) is 26.2 Å². The molecule has 2 aliphatic heterocycles. The van der Waals surface area contributed by atoms with Gasteiger partial charge in [0.1, 0.15) is 6.17 Å². The lowest BCUT2D eigenvalue weighted by Crippen LogP contribution is -2.45. The second kappa shape index (κ2) is 5.60. The van der Waals surface area contributed by atoms with E-state index in [0.717, 1.165) is 50.8 Å². The molecule has 1 saturated heterocycles. The molecule has 1 atom stereocenters. The molecule has 5 heteroatoms. The van der Waals surface area contributed by atoms with Crippen LogP contribution in [0.4, 0.5) is 11.4 Å². The molecule has 20 heavy (non-hydrogen) atoms. The van der Waals surface area contributed by atoms with Gasteiger partial charge in [-0.15, -0.1) is 0 Å². The van der Waals surface area contributed by atoms with Gasteiger partial charge in [-0.25, -0.2) is 5.06 Å². The van der Waals surface area contributed by atoms with Crippen LogP contribution in [0.15, 0.2) is 18.2 Å². The maximum Gasteiger partial charge on any atom is 0.124 e. The molecule has 0 aliphatic carbocycles. The second-order valence-corrected chi connectivity index (χ2v) is 5.62. The zero-order valence-corrected chi connectivity index (χ0v) is 12.2. The Hall–Kier alpha value is -1.30. The minimum absolute atomic E-state index is 0.00663. The number of benzene rings is 1. The molecule has 0 amide bonds. The van der Waals surface area contributed by atoms with Crippen molar-refractivity contribution in [1.82, 2.24) is 4.90 Å². The number of aryl methyl sites for hydroxylation is 1. The van der Waals surface area contributed by atoms with Crippen molar-refractivity contribution in [2.45, 2.75) is 20.0 Å². The van der Waals surface area contributed by atoms with E-state index in [1.54, 1.807) is 0 Å². The van der Waals surface area contributed by atoms with Crippen molar-refractivity contribution in [3.63, 3.8) is 0 Å². The van der Waals surface area contributed by atoms with Crippen LogP contribution in [0.25, 0.3) is 0 Å². The van der Waals surface area contributed by atoms with Gasteiger partial charge in [0.05, 0.1) is 24.6 Å². The largest absolute Gasteiger partial charge is 0.379 e. The Kier molecular flexibility index (Phi) is 3.83. The quantitative estimate of drug-likeness (QED) is 0.910. The maximum atomic E-state index is 10.2. The average Bonchev–Trinajstić information content (AvgIpc) is 2.70. The Balaban J connectivity index is 1.70. The Morgan fingerprint density at radius 2 is 1.95 bits per heavy atom. The number of rotatable bonds is 3. The van der Waals surface area contributed by atoms with E-state index in [1.165, 1.54) is 10.6 Å². The third kappa shape index (κ3) is 2.49. The summed E-state index contributed by atoms with van der Waals surface area (Å²) >= 11 is 0. The van der Waals surface area contributed by atoms with E-state index >= 15 is 0 Å². The van der Waals surface area contributed by atoms with Gasteiger partial charge in [-0.3, -0.25) is 10.1 Å². The molecule has 0 bridgehead atoms. The Morgan fingerprint density at radius 3 is 2.70 bits per heavy atom. The highest BCUT2D eigenvalue weighted by molar-refractivity contribution is 5.76. The number of hydroxylamine groups is 1. The molecule has 1 aromatic rings. The van der Waals surface area contributed by atoms with Crippen molar-refractivity contribution < 1.29 is 9.94 Å². The number of hydrogen-bond donors (Lipinski definition) is 1. The van der Waals surface area contributed by atoms with Crippen LogP contribution in [0.5, 0.6) is 0 Å². The van der Waals surface area contributed by atoms with E-state index in [4.69, 9.17) is 4.74 Å². The van der Waals surface area contributed by atoms with Crippen molar-refractivity contribution in [2.75, 3.05) is 49.4 Å². The average molecular weight is 277 g/mol. The normalized spacial score (nSPS) is 23.2. The fourth-order valence-electron chi connectivity index (χ4n) is 2.98. The summed E-state index contributed by atoms with van der Waals surface area (Å²) in [5.41, 5.74) is 3.21. The van der Waals surface area contributed by atoms with Crippen LogP contribution in [0.3, 0.4) is 0 Å². The monoisotopic (exact) mass is 277 g/mol. The van der Waals surface area contributed by atoms with E-state index in [1.807, 2.05) is 13.0 Å². The van der Waals surface area contributed by atoms with Crippen molar-refractivity contribution in [2.24, 2.45) is 0 Å². The number of hydrogen-bond acceptors (Lipinski definition) is 5. The molecule has 3 rings (SSSR count). The Morgan fingerprint density at radius 1 is 1.20 bits per heavy atom. The van der Waals surface area contributed by atoms with Gasteiger partial charge in [0.25, 0.3) is 0 Å². The van der Waals surface area contributed by atoms with Crippen molar-refractivity contribution in [3.05, 3.63) is 23.8 Å².